The van der Waals surface area contributed by atoms with Gasteiger partial charge < -0.3 is 15.4 Å². The molecule has 0 aliphatic rings. The monoisotopic (exact) mass is 270 g/mol. The Kier molecular flexibility index (Phi) is 2.77. The molecule has 0 saturated heterocycles. The molecule has 1 aromatic carbocycles. The summed E-state index contributed by atoms with van der Waals surface area (Å²) in [6.07, 6.45) is -0.823. The largest absolute Gasteiger partial charge is 0.383 e. The van der Waals surface area contributed by atoms with Gasteiger partial charge in [0.05, 0.1) is 0 Å². The first-order valence-electron chi connectivity index (χ1n) is 4.58. The van der Waals surface area contributed by atoms with Crippen molar-refractivity contribution in [1.29, 1.82) is 0 Å². The maximum absolute atomic E-state index is 9.78. The fourth-order valence-electron chi connectivity index (χ4n) is 1.39. The number of aliphatic hydroxyl groups excluding tert-OH is 1. The number of benzene rings is 1. The van der Waals surface area contributed by atoms with Crippen molar-refractivity contribution < 1.29 is 9.63 Å². The maximum atomic E-state index is 9.78. The first-order chi connectivity index (χ1) is 7.09. The molecular weight excluding hydrogens is 260 g/mol. The average Bonchev–Trinajstić information content (AvgIpc) is 2.59. The molecule has 0 spiro atoms. The summed E-state index contributed by atoms with van der Waals surface area (Å²) in [6, 6.07) is 5.16. The molecule has 1 heterocycles. The molecule has 3 N–H and O–H groups in total. The van der Waals surface area contributed by atoms with Gasteiger partial charge in [-0.2, -0.15) is 0 Å². The van der Waals surface area contributed by atoms with E-state index in [-0.39, 0.29) is 6.04 Å². The zero-order valence-corrected chi connectivity index (χ0v) is 9.73. The van der Waals surface area contributed by atoms with Gasteiger partial charge in [0, 0.05) is 15.9 Å². The number of hydrogen-bond acceptors (Lipinski definition) is 4. The van der Waals surface area contributed by atoms with Crippen molar-refractivity contribution in [3.05, 3.63) is 28.4 Å². The van der Waals surface area contributed by atoms with Crippen LogP contribution in [0.4, 0.5) is 0 Å². The van der Waals surface area contributed by atoms with Crippen LogP contribution in [0.3, 0.4) is 0 Å². The molecule has 80 valence electrons. The van der Waals surface area contributed by atoms with Crippen LogP contribution in [-0.4, -0.2) is 16.3 Å². The van der Waals surface area contributed by atoms with Crippen molar-refractivity contribution in [3.63, 3.8) is 0 Å². The first kappa shape index (κ1) is 10.6. The van der Waals surface area contributed by atoms with Gasteiger partial charge in [0.15, 0.2) is 5.76 Å². The number of aliphatic hydroxyl groups is 1. The normalized spacial score (nSPS) is 15.5. The molecule has 4 nitrogen and oxygen atoms in total. The Morgan fingerprint density at radius 2 is 2.27 bits per heavy atom. The summed E-state index contributed by atoms with van der Waals surface area (Å²) < 4.78 is 6.01. The third-order valence-corrected chi connectivity index (χ3v) is 2.73. The highest BCUT2D eigenvalue weighted by Gasteiger charge is 2.20. The number of hydrogen-bond donors (Lipinski definition) is 2. The molecule has 5 heteroatoms. The van der Waals surface area contributed by atoms with E-state index >= 15 is 0 Å². The third-order valence-electron chi connectivity index (χ3n) is 2.23. The smallest absolute Gasteiger partial charge is 0.174 e. The molecule has 15 heavy (non-hydrogen) atoms. The Hall–Kier alpha value is -0.910. The highest BCUT2D eigenvalue weighted by atomic mass is 79.9. The minimum absolute atomic E-state index is 0.384. The van der Waals surface area contributed by atoms with E-state index in [1.807, 2.05) is 18.2 Å². The lowest BCUT2D eigenvalue weighted by Crippen LogP contribution is -2.24. The molecule has 2 unspecified atom stereocenters. The van der Waals surface area contributed by atoms with Gasteiger partial charge in [-0.15, -0.1) is 0 Å². The molecule has 0 fully saturated rings. The van der Waals surface area contributed by atoms with Gasteiger partial charge >= 0.3 is 0 Å². The minimum Gasteiger partial charge on any atom is -0.383 e. The highest BCUT2D eigenvalue weighted by Crippen LogP contribution is 2.27. The molecule has 0 saturated carbocycles. The summed E-state index contributed by atoms with van der Waals surface area (Å²) >= 11 is 3.34. The van der Waals surface area contributed by atoms with Crippen LogP contribution in [0.1, 0.15) is 18.8 Å². The Labute approximate surface area is 95.2 Å². The van der Waals surface area contributed by atoms with Gasteiger partial charge in [-0.1, -0.05) is 21.1 Å². The molecular formula is C10H11BrN2O2. The summed E-state index contributed by atoms with van der Waals surface area (Å²) in [5, 5.41) is 14.4. The van der Waals surface area contributed by atoms with Gasteiger partial charge in [-0.3, -0.25) is 0 Å². The van der Waals surface area contributed by atoms with E-state index < -0.39 is 6.10 Å². The van der Waals surface area contributed by atoms with E-state index in [0.717, 1.165) is 9.86 Å². The van der Waals surface area contributed by atoms with Crippen molar-refractivity contribution in [2.24, 2.45) is 5.73 Å². The summed E-state index contributed by atoms with van der Waals surface area (Å²) in [4.78, 5) is 0. The summed E-state index contributed by atoms with van der Waals surface area (Å²) in [5.74, 6) is 0.424. The second-order valence-corrected chi connectivity index (χ2v) is 4.43. The second kappa shape index (κ2) is 3.92. The van der Waals surface area contributed by atoms with E-state index in [2.05, 4.69) is 21.1 Å². The van der Waals surface area contributed by atoms with Crippen LogP contribution >= 0.6 is 15.9 Å². The van der Waals surface area contributed by atoms with E-state index in [1.54, 1.807) is 6.92 Å². The summed E-state index contributed by atoms with van der Waals surface area (Å²) in [6.45, 7) is 1.72. The lowest BCUT2D eigenvalue weighted by Gasteiger charge is -2.10. The van der Waals surface area contributed by atoms with Gasteiger partial charge in [0.2, 0.25) is 0 Å². The number of fused-ring (bicyclic) bond motifs is 1. The van der Waals surface area contributed by atoms with Gasteiger partial charge in [0.1, 0.15) is 11.6 Å². The van der Waals surface area contributed by atoms with Gasteiger partial charge in [-0.05, 0) is 25.1 Å². The van der Waals surface area contributed by atoms with Gasteiger partial charge in [0.25, 0.3) is 0 Å². The summed E-state index contributed by atoms with van der Waals surface area (Å²) in [5.41, 5.74) is 6.31. The van der Waals surface area contributed by atoms with E-state index in [4.69, 9.17) is 10.3 Å². The van der Waals surface area contributed by atoms with Crippen molar-refractivity contribution in [2.75, 3.05) is 0 Å². The molecule has 2 atom stereocenters. The Bertz CT molecular complexity index is 481. The summed E-state index contributed by atoms with van der Waals surface area (Å²) in [7, 11) is 0. The Morgan fingerprint density at radius 1 is 1.53 bits per heavy atom. The molecule has 0 bridgehead atoms. The number of aromatic nitrogens is 1. The predicted molar refractivity (Wildman–Crippen MR) is 60.3 cm³/mol. The second-order valence-electron chi connectivity index (χ2n) is 3.51. The van der Waals surface area contributed by atoms with Gasteiger partial charge in [-0.25, -0.2) is 0 Å². The number of nitrogens with two attached hydrogens (primary N) is 1. The predicted octanol–water partition coefficient (Wildman–Crippen LogP) is 1.97. The topological polar surface area (TPSA) is 72.3 Å². The average molecular weight is 271 g/mol. The third kappa shape index (κ3) is 1.90. The standard InChI is InChI=1S/C10H11BrN2O2/c1-5(12)9(14)10-7-3-2-6(11)4-8(7)13-15-10/h2-5,9,14H,12H2,1H3. The maximum Gasteiger partial charge on any atom is 0.174 e. The fraction of sp³-hybridized carbons (Fsp3) is 0.300. The van der Waals surface area contributed by atoms with Crippen molar-refractivity contribution >= 4 is 26.8 Å². The van der Waals surface area contributed by atoms with Crippen LogP contribution in [0.15, 0.2) is 27.2 Å². The van der Waals surface area contributed by atoms with Crippen LogP contribution in [-0.2, 0) is 0 Å². The quantitative estimate of drug-likeness (QED) is 0.875. The number of rotatable bonds is 2. The lowest BCUT2D eigenvalue weighted by molar-refractivity contribution is 0.120. The highest BCUT2D eigenvalue weighted by molar-refractivity contribution is 9.10. The molecule has 0 aliphatic carbocycles. The Balaban J connectivity index is 2.54. The number of halogens is 1. The minimum atomic E-state index is -0.823. The molecule has 1 aromatic heterocycles. The van der Waals surface area contributed by atoms with Crippen LogP contribution in [0.25, 0.3) is 10.9 Å². The molecule has 0 aliphatic heterocycles. The van der Waals surface area contributed by atoms with Crippen LogP contribution in [0, 0.1) is 0 Å². The van der Waals surface area contributed by atoms with Crippen molar-refractivity contribution in [1.82, 2.24) is 5.16 Å². The molecule has 2 rings (SSSR count). The zero-order chi connectivity index (χ0) is 11.0. The van der Waals surface area contributed by atoms with Crippen LogP contribution in [0.2, 0.25) is 0 Å². The lowest BCUT2D eigenvalue weighted by atomic mass is 10.1. The van der Waals surface area contributed by atoms with Crippen LogP contribution in [0.5, 0.6) is 0 Å². The van der Waals surface area contributed by atoms with E-state index in [9.17, 15) is 5.11 Å². The van der Waals surface area contributed by atoms with Crippen molar-refractivity contribution in [2.45, 2.75) is 19.1 Å². The number of nitrogens with zero attached hydrogens (tertiary/aromatic N) is 1. The van der Waals surface area contributed by atoms with Crippen LogP contribution < -0.4 is 5.73 Å². The fourth-order valence-corrected chi connectivity index (χ4v) is 1.74. The van der Waals surface area contributed by atoms with E-state index in [0.29, 0.717) is 11.3 Å². The SMILES string of the molecule is CC(N)C(O)c1onc2cc(Br)ccc12. The van der Waals surface area contributed by atoms with Crippen molar-refractivity contribution in [3.8, 4) is 0 Å². The molecule has 0 radical (unpaired) electrons. The first-order valence-corrected chi connectivity index (χ1v) is 5.37. The Morgan fingerprint density at radius 3 is 2.93 bits per heavy atom. The molecule has 0 amide bonds. The zero-order valence-electron chi connectivity index (χ0n) is 8.14. The van der Waals surface area contributed by atoms with E-state index in [1.165, 1.54) is 0 Å². The molecule has 2 aromatic rings.